The zero-order valence-corrected chi connectivity index (χ0v) is 24.0. The van der Waals surface area contributed by atoms with Crippen LogP contribution in [0.1, 0.15) is 66.8 Å². The number of imidazole rings is 1. The summed E-state index contributed by atoms with van der Waals surface area (Å²) in [6.07, 6.45) is 0.0302. The van der Waals surface area contributed by atoms with Gasteiger partial charge in [0.05, 0.1) is 12.1 Å². The Labute approximate surface area is 246 Å². The van der Waals surface area contributed by atoms with E-state index in [1.165, 1.54) is 24.3 Å². The maximum atomic E-state index is 13.9. The van der Waals surface area contributed by atoms with E-state index in [4.69, 9.17) is 4.98 Å². The first-order chi connectivity index (χ1) is 20.5. The van der Waals surface area contributed by atoms with E-state index < -0.39 is 23.5 Å². The molecule has 1 aliphatic carbocycles. The number of benzene rings is 2. The van der Waals surface area contributed by atoms with Crippen molar-refractivity contribution < 1.29 is 27.5 Å². The fourth-order valence-corrected chi connectivity index (χ4v) is 5.41. The molecule has 0 aliphatic heterocycles. The highest BCUT2D eigenvalue weighted by Gasteiger charge is 2.31. The molecule has 12 heteroatoms. The summed E-state index contributed by atoms with van der Waals surface area (Å²) in [6.45, 7) is 5.22. The number of fused-ring (bicyclic) bond motifs is 1. The highest BCUT2D eigenvalue weighted by atomic mass is 19.4. The predicted molar refractivity (Wildman–Crippen MR) is 156 cm³/mol. The van der Waals surface area contributed by atoms with E-state index in [-0.39, 0.29) is 24.1 Å². The van der Waals surface area contributed by atoms with Gasteiger partial charge in [0, 0.05) is 19.1 Å². The smallest absolute Gasteiger partial charge is 0.416 e. The summed E-state index contributed by atoms with van der Waals surface area (Å²) in [4.78, 5) is 27.4. The van der Waals surface area contributed by atoms with Gasteiger partial charge in [0.2, 0.25) is 11.8 Å². The van der Waals surface area contributed by atoms with Crippen molar-refractivity contribution in [2.24, 2.45) is 5.92 Å². The molecule has 0 unspecified atom stereocenters. The molecule has 1 saturated carbocycles. The number of nitrogens with zero attached hydrogens (tertiary/aromatic N) is 5. The molecule has 0 spiro atoms. The summed E-state index contributed by atoms with van der Waals surface area (Å²) < 4.78 is 55.5. The van der Waals surface area contributed by atoms with Crippen molar-refractivity contribution >= 4 is 28.9 Å². The molecule has 2 N–H and O–H groups in total. The fraction of sp³-hybridized carbons (Fsp3) is 0.419. The molecule has 2 aromatic heterocycles. The van der Waals surface area contributed by atoms with E-state index >= 15 is 0 Å². The Balaban J connectivity index is 1.61. The number of hydrogen-bond donors (Lipinski definition) is 2. The number of aromatic nitrogens is 4. The van der Waals surface area contributed by atoms with Crippen LogP contribution in [0.4, 0.5) is 29.3 Å². The van der Waals surface area contributed by atoms with E-state index in [0.29, 0.717) is 48.3 Å². The van der Waals surface area contributed by atoms with Crippen molar-refractivity contribution in [3.63, 3.8) is 0 Å². The summed E-state index contributed by atoms with van der Waals surface area (Å²) >= 11 is 0. The number of carbonyl (C=O) groups is 1. The summed E-state index contributed by atoms with van der Waals surface area (Å²) in [7, 11) is 0. The van der Waals surface area contributed by atoms with Gasteiger partial charge in [-0.1, -0.05) is 37.6 Å². The lowest BCUT2D eigenvalue weighted by Gasteiger charge is -2.32. The number of alkyl halides is 3. The molecule has 4 aromatic rings. The maximum Gasteiger partial charge on any atom is 0.416 e. The Hall–Kier alpha value is -4.22. The summed E-state index contributed by atoms with van der Waals surface area (Å²) in [6, 6.07) is 11.3. The minimum atomic E-state index is -4.46. The van der Waals surface area contributed by atoms with Crippen LogP contribution in [0.15, 0.2) is 48.5 Å². The highest BCUT2D eigenvalue weighted by molar-refractivity contribution is 5.91. The molecule has 0 amide bonds. The van der Waals surface area contributed by atoms with Gasteiger partial charge in [-0.25, -0.2) is 19.2 Å². The molecule has 8 nitrogen and oxygen atoms in total. The fourth-order valence-electron chi connectivity index (χ4n) is 5.41. The van der Waals surface area contributed by atoms with Crippen LogP contribution in [0.2, 0.25) is 0 Å². The van der Waals surface area contributed by atoms with Crippen LogP contribution < -0.4 is 10.2 Å². The first-order valence-corrected chi connectivity index (χ1v) is 14.5. The first-order valence-electron chi connectivity index (χ1n) is 14.5. The number of rotatable bonds is 12. The first kappa shape index (κ1) is 30.2. The zero-order chi connectivity index (χ0) is 30.7. The molecule has 0 radical (unpaired) electrons. The standard InChI is InChI=1S/C31H34F4N6O2/c1-3-15-40(16-14-20-6-4-9-24(32)17-20)30-39-27-25(41(30)18-21-10-12-23(13-11-21)31(33,34)35)26(37-28(38-27)29(42)43)36-19(2)22-7-5-8-22/h4,6,9-13,17,19,22H,3,5,7-8,14-16,18H2,1-2H3,(H,42,43)(H,36,37,38)/t19-/m1/s1. The van der Waals surface area contributed by atoms with Crippen LogP contribution in [-0.4, -0.2) is 49.7 Å². The number of halogens is 4. The lowest BCUT2D eigenvalue weighted by atomic mass is 9.80. The Morgan fingerprint density at radius 1 is 1.09 bits per heavy atom. The number of carboxylic acids is 1. The predicted octanol–water partition coefficient (Wildman–Crippen LogP) is 6.79. The monoisotopic (exact) mass is 598 g/mol. The molecule has 2 aromatic carbocycles. The number of aromatic carboxylic acids is 1. The van der Waals surface area contributed by atoms with Crippen molar-refractivity contribution in [3.8, 4) is 0 Å². The van der Waals surface area contributed by atoms with Crippen LogP contribution in [-0.2, 0) is 19.1 Å². The van der Waals surface area contributed by atoms with Crippen molar-refractivity contribution in [2.45, 2.75) is 64.7 Å². The molecular weight excluding hydrogens is 564 g/mol. The van der Waals surface area contributed by atoms with Gasteiger partial charge in [0.1, 0.15) is 11.3 Å². The third kappa shape index (κ3) is 6.89. The van der Waals surface area contributed by atoms with Gasteiger partial charge >= 0.3 is 12.1 Å². The quantitative estimate of drug-likeness (QED) is 0.173. The third-order valence-electron chi connectivity index (χ3n) is 7.95. The highest BCUT2D eigenvalue weighted by Crippen LogP contribution is 2.34. The third-order valence-corrected chi connectivity index (χ3v) is 7.95. The molecule has 5 rings (SSSR count). The van der Waals surface area contributed by atoms with Crippen molar-refractivity contribution in [2.75, 3.05) is 23.3 Å². The van der Waals surface area contributed by atoms with Crippen LogP contribution in [0.3, 0.4) is 0 Å². The number of nitrogens with one attached hydrogen (secondary N) is 1. The Kier molecular flexibility index (Phi) is 8.84. The van der Waals surface area contributed by atoms with Gasteiger partial charge in [0.15, 0.2) is 11.5 Å². The molecule has 0 bridgehead atoms. The molecular formula is C31H34F4N6O2. The number of hydrogen-bond acceptors (Lipinski definition) is 6. The summed E-state index contributed by atoms with van der Waals surface area (Å²) in [5, 5.41) is 13.2. The second kappa shape index (κ2) is 12.6. The van der Waals surface area contributed by atoms with Gasteiger partial charge in [-0.05, 0) is 73.9 Å². The van der Waals surface area contributed by atoms with Crippen LogP contribution in [0.25, 0.3) is 11.2 Å². The SMILES string of the molecule is CCCN(CCc1cccc(F)c1)c1nc2nc(C(=O)O)nc(N[C@H](C)C3CCC3)c2n1Cc1ccc(C(F)(F)F)cc1. The lowest BCUT2D eigenvalue weighted by molar-refractivity contribution is -0.137. The van der Waals surface area contributed by atoms with E-state index in [0.717, 1.165) is 43.4 Å². The topological polar surface area (TPSA) is 96.2 Å². The second-order valence-corrected chi connectivity index (χ2v) is 11.1. The molecule has 228 valence electrons. The minimum absolute atomic E-state index is 0.00564. The molecule has 1 fully saturated rings. The average molecular weight is 599 g/mol. The van der Waals surface area contributed by atoms with Gasteiger partial charge < -0.3 is 19.9 Å². The maximum absolute atomic E-state index is 13.9. The van der Waals surface area contributed by atoms with Crippen LogP contribution >= 0.6 is 0 Å². The van der Waals surface area contributed by atoms with E-state index in [1.807, 2.05) is 29.4 Å². The Morgan fingerprint density at radius 3 is 2.44 bits per heavy atom. The van der Waals surface area contributed by atoms with Crippen LogP contribution in [0, 0.1) is 11.7 Å². The summed E-state index contributed by atoms with van der Waals surface area (Å²) in [5.41, 5.74) is 1.29. The zero-order valence-electron chi connectivity index (χ0n) is 24.0. The lowest BCUT2D eigenvalue weighted by Crippen LogP contribution is -2.32. The van der Waals surface area contributed by atoms with Crippen molar-refractivity contribution in [3.05, 3.63) is 76.9 Å². The molecule has 1 atom stereocenters. The van der Waals surface area contributed by atoms with Gasteiger partial charge in [-0.3, -0.25) is 0 Å². The Morgan fingerprint density at radius 2 is 1.84 bits per heavy atom. The largest absolute Gasteiger partial charge is 0.475 e. The van der Waals surface area contributed by atoms with Crippen LogP contribution in [0.5, 0.6) is 0 Å². The average Bonchev–Trinajstić information content (AvgIpc) is 3.28. The normalized spacial score (nSPS) is 14.5. The van der Waals surface area contributed by atoms with Crippen molar-refractivity contribution in [1.29, 1.82) is 0 Å². The Bertz CT molecular complexity index is 1580. The van der Waals surface area contributed by atoms with Gasteiger partial charge in [-0.15, -0.1) is 0 Å². The van der Waals surface area contributed by atoms with E-state index in [9.17, 15) is 27.5 Å². The van der Waals surface area contributed by atoms with E-state index in [2.05, 4.69) is 15.3 Å². The number of carboxylic acid groups (broad SMARTS) is 1. The van der Waals surface area contributed by atoms with Gasteiger partial charge in [0.25, 0.3) is 0 Å². The minimum Gasteiger partial charge on any atom is -0.475 e. The molecule has 1 aliphatic rings. The molecule has 43 heavy (non-hydrogen) atoms. The van der Waals surface area contributed by atoms with Gasteiger partial charge in [-0.2, -0.15) is 18.2 Å². The molecule has 2 heterocycles. The summed E-state index contributed by atoms with van der Waals surface area (Å²) in [5.74, 6) is -0.827. The molecule has 0 saturated heterocycles. The number of anilines is 2. The second-order valence-electron chi connectivity index (χ2n) is 11.1. The van der Waals surface area contributed by atoms with Crippen molar-refractivity contribution in [1.82, 2.24) is 19.5 Å². The van der Waals surface area contributed by atoms with E-state index in [1.54, 1.807) is 6.07 Å².